The maximum absolute atomic E-state index is 13.7. The summed E-state index contributed by atoms with van der Waals surface area (Å²) in [6, 6.07) is 13.5. The van der Waals surface area contributed by atoms with Crippen LogP contribution in [0.1, 0.15) is 34.8 Å². The van der Waals surface area contributed by atoms with Crippen LogP contribution in [-0.2, 0) is 4.79 Å². The Morgan fingerprint density at radius 1 is 1.07 bits per heavy atom. The minimum atomic E-state index is -0.615. The van der Waals surface area contributed by atoms with Crippen molar-refractivity contribution in [2.24, 2.45) is 0 Å². The summed E-state index contributed by atoms with van der Waals surface area (Å²) in [5, 5.41) is 5.35. The van der Waals surface area contributed by atoms with E-state index in [9.17, 15) is 14.0 Å². The van der Waals surface area contributed by atoms with Crippen molar-refractivity contribution in [3.8, 4) is 5.75 Å². The third-order valence-electron chi connectivity index (χ3n) is 5.10. The van der Waals surface area contributed by atoms with E-state index in [1.54, 1.807) is 13.2 Å². The molecule has 0 aromatic heterocycles. The molecule has 7 heteroatoms. The van der Waals surface area contributed by atoms with Gasteiger partial charge in [0.15, 0.2) is 0 Å². The number of likely N-dealkylation sites (tertiary alicyclic amines) is 1. The van der Waals surface area contributed by atoms with E-state index in [0.717, 1.165) is 37.2 Å². The molecule has 1 aliphatic rings. The lowest BCUT2D eigenvalue weighted by molar-refractivity contribution is -0.120. The van der Waals surface area contributed by atoms with E-state index >= 15 is 0 Å². The average molecular weight is 399 g/mol. The lowest BCUT2D eigenvalue weighted by Crippen LogP contribution is -2.41. The highest BCUT2D eigenvalue weighted by Crippen LogP contribution is 2.31. The van der Waals surface area contributed by atoms with E-state index in [1.165, 1.54) is 18.2 Å². The molecule has 1 atom stereocenters. The second-order valence-corrected chi connectivity index (χ2v) is 6.97. The number of benzene rings is 2. The second-order valence-electron chi connectivity index (χ2n) is 6.97. The van der Waals surface area contributed by atoms with Crippen molar-refractivity contribution in [2.45, 2.75) is 18.9 Å². The second kappa shape index (κ2) is 10.0. The van der Waals surface area contributed by atoms with Crippen LogP contribution in [0.4, 0.5) is 4.39 Å². The lowest BCUT2D eigenvalue weighted by Gasteiger charge is -2.29. The van der Waals surface area contributed by atoms with E-state index in [4.69, 9.17) is 4.74 Å². The van der Waals surface area contributed by atoms with Crippen LogP contribution in [0.2, 0.25) is 0 Å². The maximum Gasteiger partial charge on any atom is 0.254 e. The van der Waals surface area contributed by atoms with Gasteiger partial charge in [-0.25, -0.2) is 4.39 Å². The molecule has 2 amide bonds. The summed E-state index contributed by atoms with van der Waals surface area (Å²) < 4.78 is 19.2. The standard InChI is InChI=1S/C22H26FN3O3/c1-29-20-11-5-3-9-17(20)19(26-12-6-7-13-26)14-24-21(27)15-25-22(28)16-8-2-4-10-18(16)23/h2-5,8-11,19H,6-7,12-15H2,1H3,(H,24,27)(H,25,28). The molecule has 2 aromatic rings. The van der Waals surface area contributed by atoms with E-state index < -0.39 is 11.7 Å². The molecule has 2 N–H and O–H groups in total. The van der Waals surface area contributed by atoms with Crippen molar-refractivity contribution in [3.63, 3.8) is 0 Å². The summed E-state index contributed by atoms with van der Waals surface area (Å²) in [5.41, 5.74) is 0.942. The summed E-state index contributed by atoms with van der Waals surface area (Å²) in [7, 11) is 1.64. The third kappa shape index (κ3) is 5.32. The van der Waals surface area contributed by atoms with Gasteiger partial charge in [0, 0.05) is 12.1 Å². The number of ether oxygens (including phenoxy) is 1. The summed E-state index contributed by atoms with van der Waals surface area (Å²) in [6.45, 7) is 2.10. The molecule has 0 aliphatic carbocycles. The number of hydrogen-bond donors (Lipinski definition) is 2. The number of hydrogen-bond acceptors (Lipinski definition) is 4. The smallest absolute Gasteiger partial charge is 0.254 e. The molecule has 1 heterocycles. The lowest BCUT2D eigenvalue weighted by atomic mass is 10.0. The molecule has 1 fully saturated rings. The predicted octanol–water partition coefficient (Wildman–Crippen LogP) is 2.52. The van der Waals surface area contributed by atoms with Crippen molar-refractivity contribution in [1.29, 1.82) is 0 Å². The molecule has 0 bridgehead atoms. The number of methoxy groups -OCH3 is 1. The number of nitrogens with one attached hydrogen (secondary N) is 2. The van der Waals surface area contributed by atoms with Gasteiger partial charge in [0.2, 0.25) is 5.91 Å². The van der Waals surface area contributed by atoms with E-state index in [1.807, 2.05) is 24.3 Å². The molecule has 1 saturated heterocycles. The fourth-order valence-corrected chi connectivity index (χ4v) is 3.60. The predicted molar refractivity (Wildman–Crippen MR) is 108 cm³/mol. The van der Waals surface area contributed by atoms with Crippen LogP contribution < -0.4 is 15.4 Å². The van der Waals surface area contributed by atoms with Crippen molar-refractivity contribution < 1.29 is 18.7 Å². The first kappa shape index (κ1) is 20.8. The van der Waals surface area contributed by atoms with Gasteiger partial charge in [0.25, 0.3) is 5.91 Å². The summed E-state index contributed by atoms with van der Waals surface area (Å²) in [6.07, 6.45) is 2.25. The zero-order valence-corrected chi connectivity index (χ0v) is 16.5. The average Bonchev–Trinajstić information content (AvgIpc) is 3.27. The monoisotopic (exact) mass is 399 g/mol. The minimum Gasteiger partial charge on any atom is -0.496 e. The molecule has 154 valence electrons. The van der Waals surface area contributed by atoms with Crippen molar-refractivity contribution in [3.05, 3.63) is 65.5 Å². The van der Waals surface area contributed by atoms with Crippen LogP contribution in [0.3, 0.4) is 0 Å². The van der Waals surface area contributed by atoms with Crippen LogP contribution in [0.5, 0.6) is 5.75 Å². The molecule has 29 heavy (non-hydrogen) atoms. The molecule has 0 radical (unpaired) electrons. The number of carbonyl (C=O) groups is 2. The van der Waals surface area contributed by atoms with Gasteiger partial charge in [-0.15, -0.1) is 0 Å². The molecule has 0 spiro atoms. The highest BCUT2D eigenvalue weighted by molar-refractivity contribution is 5.96. The molecule has 1 unspecified atom stereocenters. The Hall–Kier alpha value is -2.93. The van der Waals surface area contributed by atoms with E-state index in [0.29, 0.717) is 6.54 Å². The van der Waals surface area contributed by atoms with Crippen molar-refractivity contribution in [1.82, 2.24) is 15.5 Å². The van der Waals surface area contributed by atoms with Gasteiger partial charge >= 0.3 is 0 Å². The molecule has 2 aromatic carbocycles. The van der Waals surface area contributed by atoms with Crippen LogP contribution in [0, 0.1) is 5.82 Å². The number of halogens is 1. The van der Waals surface area contributed by atoms with Crippen molar-refractivity contribution >= 4 is 11.8 Å². The SMILES string of the molecule is COc1ccccc1C(CNC(=O)CNC(=O)c1ccccc1F)N1CCCC1. The fraction of sp³-hybridized carbons (Fsp3) is 0.364. The zero-order chi connectivity index (χ0) is 20.6. The van der Waals surface area contributed by atoms with Gasteiger partial charge in [-0.05, 0) is 44.1 Å². The first-order chi connectivity index (χ1) is 14.1. The van der Waals surface area contributed by atoms with Gasteiger partial charge in [0.1, 0.15) is 11.6 Å². The molecular weight excluding hydrogens is 373 g/mol. The van der Waals surface area contributed by atoms with Crippen LogP contribution in [-0.4, -0.2) is 50.0 Å². The number of rotatable bonds is 8. The molecule has 6 nitrogen and oxygen atoms in total. The number of para-hydroxylation sites is 1. The Bertz CT molecular complexity index is 853. The normalized spacial score (nSPS) is 15.0. The Morgan fingerprint density at radius 3 is 2.48 bits per heavy atom. The zero-order valence-electron chi connectivity index (χ0n) is 16.5. The largest absolute Gasteiger partial charge is 0.496 e. The topological polar surface area (TPSA) is 70.7 Å². The minimum absolute atomic E-state index is 0.0140. The number of nitrogens with zero attached hydrogens (tertiary/aromatic N) is 1. The Labute approximate surface area is 170 Å². The quantitative estimate of drug-likeness (QED) is 0.716. The molecule has 0 saturated carbocycles. The van der Waals surface area contributed by atoms with Gasteiger partial charge in [0.05, 0.1) is 25.3 Å². The van der Waals surface area contributed by atoms with E-state index in [2.05, 4.69) is 15.5 Å². The first-order valence-corrected chi connectivity index (χ1v) is 9.76. The molecule has 1 aliphatic heterocycles. The Balaban J connectivity index is 1.60. The van der Waals surface area contributed by atoms with E-state index in [-0.39, 0.29) is 24.1 Å². The number of carbonyl (C=O) groups excluding carboxylic acids is 2. The van der Waals surface area contributed by atoms with Crippen molar-refractivity contribution in [2.75, 3.05) is 33.3 Å². The highest BCUT2D eigenvalue weighted by Gasteiger charge is 2.26. The van der Waals surface area contributed by atoms with Gasteiger partial charge in [-0.1, -0.05) is 30.3 Å². The van der Waals surface area contributed by atoms with Crippen LogP contribution in [0.15, 0.2) is 48.5 Å². The Kier molecular flexibility index (Phi) is 7.19. The summed E-state index contributed by atoms with van der Waals surface area (Å²) in [4.78, 5) is 26.7. The van der Waals surface area contributed by atoms with Gasteiger partial charge in [-0.3, -0.25) is 14.5 Å². The Morgan fingerprint density at radius 2 is 1.76 bits per heavy atom. The van der Waals surface area contributed by atoms with Gasteiger partial charge < -0.3 is 15.4 Å². The van der Waals surface area contributed by atoms with Gasteiger partial charge in [-0.2, -0.15) is 0 Å². The highest BCUT2D eigenvalue weighted by atomic mass is 19.1. The fourth-order valence-electron chi connectivity index (χ4n) is 3.60. The molecule has 3 rings (SSSR count). The van der Waals surface area contributed by atoms with Crippen LogP contribution >= 0.6 is 0 Å². The maximum atomic E-state index is 13.7. The first-order valence-electron chi connectivity index (χ1n) is 9.76. The van der Waals surface area contributed by atoms with Crippen LogP contribution in [0.25, 0.3) is 0 Å². The summed E-state index contributed by atoms with van der Waals surface area (Å²) in [5.74, 6) is -0.768. The third-order valence-corrected chi connectivity index (χ3v) is 5.10. The number of amides is 2. The molecular formula is C22H26FN3O3. The summed E-state index contributed by atoms with van der Waals surface area (Å²) >= 11 is 0.